The number of nitrogens with one attached hydrogen (secondary N) is 1. The number of carbonyl (C=O) groups excluding carboxylic acids is 1. The van der Waals surface area contributed by atoms with E-state index in [2.05, 4.69) is 26.2 Å². The Morgan fingerprint density at radius 1 is 1.54 bits per heavy atom. The number of aryl methyl sites for hydroxylation is 1. The van der Waals surface area contributed by atoms with Crippen molar-refractivity contribution in [3.05, 3.63) is 33.8 Å². The van der Waals surface area contributed by atoms with E-state index in [1.54, 1.807) is 6.07 Å². The van der Waals surface area contributed by atoms with Gasteiger partial charge in [0.05, 0.1) is 7.11 Å². The van der Waals surface area contributed by atoms with Crippen molar-refractivity contribution in [1.29, 1.82) is 0 Å². The lowest BCUT2D eigenvalue weighted by Crippen LogP contribution is -2.22. The van der Waals surface area contributed by atoms with Crippen molar-refractivity contribution in [1.82, 2.24) is 5.48 Å². The van der Waals surface area contributed by atoms with Crippen LogP contribution in [0.15, 0.2) is 22.7 Å². The van der Waals surface area contributed by atoms with Crippen LogP contribution in [0.3, 0.4) is 0 Å². The molecular weight excluding hydrogens is 234 g/mol. The minimum Gasteiger partial charge on any atom is -0.277 e. The first kappa shape index (κ1) is 10.2. The first-order valence-electron chi connectivity index (χ1n) is 3.74. The van der Waals surface area contributed by atoms with E-state index < -0.39 is 0 Å². The Hall–Kier alpha value is -0.870. The molecule has 0 fully saturated rings. The third-order valence-corrected chi connectivity index (χ3v) is 2.13. The van der Waals surface area contributed by atoms with E-state index in [-0.39, 0.29) is 5.91 Å². The fraction of sp³-hybridized carbons (Fsp3) is 0.222. The molecule has 0 unspecified atom stereocenters. The number of rotatable bonds is 2. The predicted octanol–water partition coefficient (Wildman–Crippen LogP) is 2.05. The molecule has 1 aromatic carbocycles. The summed E-state index contributed by atoms with van der Waals surface area (Å²) in [6.07, 6.45) is 0. The van der Waals surface area contributed by atoms with Crippen molar-refractivity contribution in [2.24, 2.45) is 0 Å². The fourth-order valence-corrected chi connectivity index (χ4v) is 1.35. The Bertz CT molecular complexity index is 325. The highest BCUT2D eigenvalue weighted by Gasteiger charge is 2.08. The van der Waals surface area contributed by atoms with Crippen LogP contribution in [-0.2, 0) is 4.84 Å². The maximum absolute atomic E-state index is 11.4. The molecule has 0 atom stereocenters. The SMILES string of the molecule is CONC(=O)c1cc(Br)ccc1C. The molecule has 1 N–H and O–H groups in total. The van der Waals surface area contributed by atoms with Crippen molar-refractivity contribution in [3.63, 3.8) is 0 Å². The van der Waals surface area contributed by atoms with Crippen LogP contribution in [0.25, 0.3) is 0 Å². The predicted molar refractivity (Wildman–Crippen MR) is 53.4 cm³/mol. The van der Waals surface area contributed by atoms with Gasteiger partial charge in [0.15, 0.2) is 0 Å². The van der Waals surface area contributed by atoms with Gasteiger partial charge >= 0.3 is 0 Å². The molecule has 3 nitrogen and oxygen atoms in total. The quantitative estimate of drug-likeness (QED) is 0.808. The highest BCUT2D eigenvalue weighted by molar-refractivity contribution is 9.10. The van der Waals surface area contributed by atoms with Crippen LogP contribution < -0.4 is 5.48 Å². The van der Waals surface area contributed by atoms with Gasteiger partial charge in [-0.1, -0.05) is 22.0 Å². The summed E-state index contributed by atoms with van der Waals surface area (Å²) in [5.41, 5.74) is 3.79. The average Bonchev–Trinajstić information content (AvgIpc) is 2.09. The largest absolute Gasteiger partial charge is 0.277 e. The van der Waals surface area contributed by atoms with E-state index >= 15 is 0 Å². The minimum absolute atomic E-state index is 0.235. The van der Waals surface area contributed by atoms with Crippen molar-refractivity contribution >= 4 is 21.8 Å². The van der Waals surface area contributed by atoms with Crippen LogP contribution in [0.2, 0.25) is 0 Å². The first-order valence-corrected chi connectivity index (χ1v) is 4.54. The molecule has 0 aliphatic heterocycles. The monoisotopic (exact) mass is 243 g/mol. The summed E-state index contributed by atoms with van der Waals surface area (Å²) in [4.78, 5) is 15.9. The Morgan fingerprint density at radius 3 is 2.85 bits per heavy atom. The summed E-state index contributed by atoms with van der Waals surface area (Å²) in [5, 5.41) is 0. The second kappa shape index (κ2) is 4.39. The third kappa shape index (κ3) is 2.54. The molecule has 0 aliphatic rings. The zero-order chi connectivity index (χ0) is 9.84. The number of hydrogen-bond acceptors (Lipinski definition) is 2. The van der Waals surface area contributed by atoms with Crippen molar-refractivity contribution in [3.8, 4) is 0 Å². The lowest BCUT2D eigenvalue weighted by Gasteiger charge is -2.05. The van der Waals surface area contributed by atoms with Crippen LogP contribution in [0.5, 0.6) is 0 Å². The fourth-order valence-electron chi connectivity index (χ4n) is 0.987. The normalized spacial score (nSPS) is 9.77. The van der Waals surface area contributed by atoms with Crippen molar-refractivity contribution < 1.29 is 9.63 Å². The standard InChI is InChI=1S/C9H10BrNO2/c1-6-3-4-7(10)5-8(6)9(12)11-13-2/h3-5H,1-2H3,(H,11,12). The second-order valence-corrected chi connectivity index (χ2v) is 3.51. The van der Waals surface area contributed by atoms with E-state index in [0.29, 0.717) is 5.56 Å². The van der Waals surface area contributed by atoms with Gasteiger partial charge < -0.3 is 0 Å². The first-order chi connectivity index (χ1) is 6.15. The smallest absolute Gasteiger partial charge is 0.275 e. The summed E-state index contributed by atoms with van der Waals surface area (Å²) < 4.78 is 0.874. The van der Waals surface area contributed by atoms with Gasteiger partial charge in [-0.15, -0.1) is 0 Å². The van der Waals surface area contributed by atoms with Crippen LogP contribution >= 0.6 is 15.9 Å². The van der Waals surface area contributed by atoms with Gasteiger partial charge in [-0.2, -0.15) is 0 Å². The Labute approximate surface area is 85.2 Å². The lowest BCUT2D eigenvalue weighted by molar-refractivity contribution is 0.0537. The molecular formula is C9H10BrNO2. The zero-order valence-corrected chi connectivity index (χ0v) is 9.01. The molecule has 0 saturated heterocycles. The Morgan fingerprint density at radius 2 is 2.23 bits per heavy atom. The average molecular weight is 244 g/mol. The van der Waals surface area contributed by atoms with Crippen molar-refractivity contribution in [2.75, 3.05) is 7.11 Å². The molecule has 0 spiro atoms. The van der Waals surface area contributed by atoms with Crippen LogP contribution in [-0.4, -0.2) is 13.0 Å². The molecule has 13 heavy (non-hydrogen) atoms. The maximum Gasteiger partial charge on any atom is 0.275 e. The number of benzene rings is 1. The Kier molecular flexibility index (Phi) is 3.45. The molecule has 1 rings (SSSR count). The lowest BCUT2D eigenvalue weighted by atomic mass is 10.1. The molecule has 0 aliphatic carbocycles. The number of amides is 1. The van der Waals surface area contributed by atoms with E-state index in [4.69, 9.17) is 0 Å². The van der Waals surface area contributed by atoms with Gasteiger partial charge in [0.1, 0.15) is 0 Å². The molecule has 0 bridgehead atoms. The van der Waals surface area contributed by atoms with E-state index in [1.807, 2.05) is 19.1 Å². The number of hydroxylamine groups is 1. The number of halogens is 1. The number of hydrogen-bond donors (Lipinski definition) is 1. The molecule has 0 saturated carbocycles. The van der Waals surface area contributed by atoms with E-state index in [9.17, 15) is 4.79 Å². The molecule has 0 radical (unpaired) electrons. The van der Waals surface area contributed by atoms with Crippen LogP contribution in [0, 0.1) is 6.92 Å². The topological polar surface area (TPSA) is 38.3 Å². The second-order valence-electron chi connectivity index (χ2n) is 2.59. The summed E-state index contributed by atoms with van der Waals surface area (Å²) in [6.45, 7) is 1.87. The highest BCUT2D eigenvalue weighted by atomic mass is 79.9. The Balaban J connectivity index is 2.99. The van der Waals surface area contributed by atoms with Gasteiger partial charge in [-0.05, 0) is 24.6 Å². The third-order valence-electron chi connectivity index (χ3n) is 1.64. The van der Waals surface area contributed by atoms with Crippen molar-refractivity contribution in [2.45, 2.75) is 6.92 Å². The van der Waals surface area contributed by atoms with E-state index in [1.165, 1.54) is 7.11 Å². The van der Waals surface area contributed by atoms with Gasteiger partial charge in [0, 0.05) is 10.0 Å². The molecule has 0 aromatic heterocycles. The van der Waals surface area contributed by atoms with E-state index in [0.717, 1.165) is 10.0 Å². The zero-order valence-electron chi connectivity index (χ0n) is 7.43. The molecule has 4 heteroatoms. The molecule has 0 heterocycles. The van der Waals surface area contributed by atoms with Gasteiger partial charge in [0.25, 0.3) is 5.91 Å². The summed E-state index contributed by atoms with van der Waals surface area (Å²) in [6, 6.07) is 5.51. The summed E-state index contributed by atoms with van der Waals surface area (Å²) >= 11 is 3.29. The van der Waals surface area contributed by atoms with Gasteiger partial charge in [-0.25, -0.2) is 5.48 Å². The molecule has 1 amide bonds. The summed E-state index contributed by atoms with van der Waals surface area (Å²) in [7, 11) is 1.41. The molecule has 70 valence electrons. The van der Waals surface area contributed by atoms with Gasteiger partial charge in [-0.3, -0.25) is 9.63 Å². The highest BCUT2D eigenvalue weighted by Crippen LogP contribution is 2.15. The van der Waals surface area contributed by atoms with Crippen LogP contribution in [0.4, 0.5) is 0 Å². The van der Waals surface area contributed by atoms with Gasteiger partial charge in [0.2, 0.25) is 0 Å². The molecule has 1 aromatic rings. The number of carbonyl (C=O) groups is 1. The van der Waals surface area contributed by atoms with Crippen LogP contribution in [0.1, 0.15) is 15.9 Å². The maximum atomic E-state index is 11.4. The minimum atomic E-state index is -0.235. The summed E-state index contributed by atoms with van der Waals surface area (Å²) in [5.74, 6) is -0.235.